The highest BCUT2D eigenvalue weighted by Crippen LogP contribution is 2.26. The van der Waals surface area contributed by atoms with E-state index in [1.807, 2.05) is 6.07 Å². The fourth-order valence-electron chi connectivity index (χ4n) is 1.71. The molecule has 1 aromatic carbocycles. The predicted octanol–water partition coefficient (Wildman–Crippen LogP) is 4.72. The van der Waals surface area contributed by atoms with Gasteiger partial charge >= 0.3 is 0 Å². The minimum absolute atomic E-state index is 0.229. The Morgan fingerprint density at radius 2 is 2.12 bits per heavy atom. The number of unbranched alkanes of at least 4 members (excludes halogenated alkanes) is 1. The molecule has 1 atom stereocenters. The maximum Gasteiger partial charge on any atom is 0.147 e. The fraction of sp³-hybridized carbons (Fsp3) is 0.571. The van der Waals surface area contributed by atoms with Gasteiger partial charge in [0, 0.05) is 10.6 Å². The molecule has 0 spiro atoms. The zero-order valence-corrected chi connectivity index (χ0v) is 11.5. The van der Waals surface area contributed by atoms with Gasteiger partial charge in [0.05, 0.1) is 5.69 Å². The molecule has 0 fully saturated rings. The number of hydrogen-bond acceptors (Lipinski definition) is 2. The third-order valence-corrected chi connectivity index (χ3v) is 4.23. The molecule has 3 heteroatoms. The third kappa shape index (κ3) is 4.99. The highest BCUT2D eigenvalue weighted by Gasteiger charge is 2.07. The van der Waals surface area contributed by atoms with Crippen LogP contribution in [0.2, 0.25) is 0 Å². The second kappa shape index (κ2) is 7.59. The quantitative estimate of drug-likeness (QED) is 0.563. The summed E-state index contributed by atoms with van der Waals surface area (Å²) in [5.41, 5.74) is 5.68. The molecule has 1 nitrogen and oxygen atoms in total. The maximum absolute atomic E-state index is 13.2. The number of benzene rings is 1. The fourth-order valence-corrected chi connectivity index (χ4v) is 2.89. The number of nitrogens with two attached hydrogens (primary N) is 1. The number of rotatable bonds is 7. The van der Waals surface area contributed by atoms with Crippen LogP contribution in [0, 0.1) is 11.7 Å². The summed E-state index contributed by atoms with van der Waals surface area (Å²) in [6, 6.07) is 5.08. The molecule has 1 aromatic rings. The molecule has 0 aliphatic rings. The van der Waals surface area contributed by atoms with Gasteiger partial charge in [-0.05, 0) is 30.5 Å². The first-order valence-electron chi connectivity index (χ1n) is 6.35. The van der Waals surface area contributed by atoms with E-state index in [1.165, 1.54) is 31.7 Å². The topological polar surface area (TPSA) is 26.0 Å². The van der Waals surface area contributed by atoms with Crippen LogP contribution < -0.4 is 5.73 Å². The van der Waals surface area contributed by atoms with E-state index in [0.717, 1.165) is 16.6 Å². The van der Waals surface area contributed by atoms with Crippen molar-refractivity contribution in [1.82, 2.24) is 0 Å². The molecule has 0 saturated heterocycles. The van der Waals surface area contributed by atoms with Crippen molar-refractivity contribution in [2.24, 2.45) is 5.92 Å². The van der Waals surface area contributed by atoms with E-state index >= 15 is 0 Å². The molecule has 17 heavy (non-hydrogen) atoms. The number of thioether (sulfide) groups is 1. The van der Waals surface area contributed by atoms with Gasteiger partial charge in [0.25, 0.3) is 0 Å². The van der Waals surface area contributed by atoms with Gasteiger partial charge in [0.1, 0.15) is 5.82 Å². The summed E-state index contributed by atoms with van der Waals surface area (Å²) in [7, 11) is 0. The lowest BCUT2D eigenvalue weighted by atomic mass is 10.0. The summed E-state index contributed by atoms with van der Waals surface area (Å²) in [6.07, 6.45) is 5.01. The van der Waals surface area contributed by atoms with E-state index in [9.17, 15) is 4.39 Å². The Morgan fingerprint density at radius 3 is 2.71 bits per heavy atom. The van der Waals surface area contributed by atoms with Crippen molar-refractivity contribution < 1.29 is 4.39 Å². The van der Waals surface area contributed by atoms with E-state index in [4.69, 9.17) is 5.73 Å². The highest BCUT2D eigenvalue weighted by molar-refractivity contribution is 7.99. The van der Waals surface area contributed by atoms with Crippen molar-refractivity contribution in [3.8, 4) is 0 Å². The van der Waals surface area contributed by atoms with Crippen molar-refractivity contribution in [3.63, 3.8) is 0 Å². The Labute approximate surface area is 108 Å². The summed E-state index contributed by atoms with van der Waals surface area (Å²) in [5, 5.41) is 0. The highest BCUT2D eigenvalue weighted by atomic mass is 32.2. The van der Waals surface area contributed by atoms with Gasteiger partial charge < -0.3 is 5.73 Å². The van der Waals surface area contributed by atoms with Gasteiger partial charge in [-0.2, -0.15) is 0 Å². The van der Waals surface area contributed by atoms with Crippen LogP contribution in [-0.4, -0.2) is 5.75 Å². The molecule has 0 radical (unpaired) electrons. The smallest absolute Gasteiger partial charge is 0.147 e. The van der Waals surface area contributed by atoms with E-state index in [0.29, 0.717) is 0 Å². The lowest BCUT2D eigenvalue weighted by Gasteiger charge is -2.13. The van der Waals surface area contributed by atoms with Crippen LogP contribution in [0.4, 0.5) is 10.1 Å². The van der Waals surface area contributed by atoms with Crippen molar-refractivity contribution in [1.29, 1.82) is 0 Å². The largest absolute Gasteiger partial charge is 0.396 e. The Morgan fingerprint density at radius 1 is 1.35 bits per heavy atom. The van der Waals surface area contributed by atoms with Crippen LogP contribution in [0.3, 0.4) is 0 Å². The van der Waals surface area contributed by atoms with Gasteiger partial charge in [-0.3, -0.25) is 0 Å². The first-order valence-corrected chi connectivity index (χ1v) is 7.33. The minimum atomic E-state index is -0.309. The molecule has 2 N–H and O–H groups in total. The van der Waals surface area contributed by atoms with Gasteiger partial charge in [-0.15, -0.1) is 11.8 Å². The number of nitrogen functional groups attached to an aromatic ring is 1. The zero-order chi connectivity index (χ0) is 12.7. The van der Waals surface area contributed by atoms with Crippen molar-refractivity contribution in [2.45, 2.75) is 44.4 Å². The lowest BCUT2D eigenvalue weighted by Crippen LogP contribution is -2.02. The van der Waals surface area contributed by atoms with Gasteiger partial charge in [0.2, 0.25) is 0 Å². The van der Waals surface area contributed by atoms with Crippen molar-refractivity contribution in [2.75, 3.05) is 11.5 Å². The molecular formula is C14H22FNS. The average molecular weight is 255 g/mol. The summed E-state index contributed by atoms with van der Waals surface area (Å²) >= 11 is 1.73. The Kier molecular flexibility index (Phi) is 6.41. The third-order valence-electron chi connectivity index (χ3n) is 3.00. The van der Waals surface area contributed by atoms with Crippen LogP contribution in [0.1, 0.15) is 39.5 Å². The summed E-state index contributed by atoms with van der Waals surface area (Å²) in [6.45, 7) is 4.44. The van der Waals surface area contributed by atoms with Crippen LogP contribution in [0.5, 0.6) is 0 Å². The number of halogens is 1. The molecule has 0 bridgehead atoms. The Hall–Kier alpha value is -0.700. The monoisotopic (exact) mass is 255 g/mol. The molecular weight excluding hydrogens is 233 g/mol. The van der Waals surface area contributed by atoms with Gasteiger partial charge in [-0.25, -0.2) is 4.39 Å². The van der Waals surface area contributed by atoms with E-state index in [-0.39, 0.29) is 11.5 Å². The molecule has 0 aromatic heterocycles. The second-order valence-corrected chi connectivity index (χ2v) is 5.50. The van der Waals surface area contributed by atoms with Crippen LogP contribution in [-0.2, 0) is 0 Å². The van der Waals surface area contributed by atoms with Crippen molar-refractivity contribution in [3.05, 3.63) is 24.0 Å². The van der Waals surface area contributed by atoms with E-state index in [1.54, 1.807) is 17.8 Å². The van der Waals surface area contributed by atoms with Crippen molar-refractivity contribution >= 4 is 17.4 Å². The molecule has 0 aliphatic heterocycles. The van der Waals surface area contributed by atoms with E-state index < -0.39 is 0 Å². The Balaban J connectivity index is 2.45. The predicted molar refractivity (Wildman–Crippen MR) is 74.8 cm³/mol. The summed E-state index contributed by atoms with van der Waals surface area (Å²) < 4.78 is 13.2. The molecule has 1 unspecified atom stereocenters. The molecule has 1 rings (SSSR count). The summed E-state index contributed by atoms with van der Waals surface area (Å²) in [5.74, 6) is 1.50. The summed E-state index contributed by atoms with van der Waals surface area (Å²) in [4.78, 5) is 0.978. The van der Waals surface area contributed by atoms with Gasteiger partial charge in [0.15, 0.2) is 0 Å². The standard InChI is InChI=1S/C14H22FNS/c1-3-5-6-11(4-2)10-17-12-7-8-14(16)13(15)9-12/h7-9,11H,3-6,10,16H2,1-2H3. The zero-order valence-electron chi connectivity index (χ0n) is 10.7. The average Bonchev–Trinajstić information content (AvgIpc) is 2.34. The van der Waals surface area contributed by atoms with E-state index in [2.05, 4.69) is 13.8 Å². The molecule has 0 aliphatic carbocycles. The lowest BCUT2D eigenvalue weighted by molar-refractivity contribution is 0.499. The van der Waals surface area contributed by atoms with Crippen LogP contribution in [0.15, 0.2) is 23.1 Å². The van der Waals surface area contributed by atoms with Crippen LogP contribution >= 0.6 is 11.8 Å². The second-order valence-electron chi connectivity index (χ2n) is 4.41. The minimum Gasteiger partial charge on any atom is -0.396 e. The molecule has 96 valence electrons. The molecule has 0 saturated carbocycles. The first-order chi connectivity index (χ1) is 8.17. The van der Waals surface area contributed by atoms with Crippen LogP contribution in [0.25, 0.3) is 0 Å². The maximum atomic E-state index is 13.2. The van der Waals surface area contributed by atoms with Gasteiger partial charge in [-0.1, -0.05) is 33.1 Å². The Bertz CT molecular complexity index is 341. The SMILES string of the molecule is CCCCC(CC)CSc1ccc(N)c(F)c1. The molecule has 0 heterocycles. The number of hydrogen-bond donors (Lipinski definition) is 1. The number of anilines is 1. The molecule has 0 amide bonds. The normalized spacial score (nSPS) is 12.6. The first kappa shape index (κ1) is 14.4.